The maximum Gasteiger partial charge on any atom is 0.277 e. The number of para-hydroxylation sites is 1. The van der Waals surface area contributed by atoms with E-state index in [1.54, 1.807) is 25.1 Å². The van der Waals surface area contributed by atoms with Crippen LogP contribution in [0.25, 0.3) is 0 Å². The van der Waals surface area contributed by atoms with E-state index in [9.17, 15) is 4.79 Å². The van der Waals surface area contributed by atoms with Gasteiger partial charge < -0.3 is 10.7 Å². The molecule has 0 saturated carbocycles. The van der Waals surface area contributed by atoms with Crippen molar-refractivity contribution >= 4 is 46.7 Å². The molecule has 0 saturated heterocycles. The SMILES string of the molecule is C\C=C(NC(=O)C(C=N)=NNc1ccccc1)/C(Cl)=C\C=C\Cl. The Labute approximate surface area is 144 Å². The number of carbonyl (C=O) groups is 1. The highest BCUT2D eigenvalue weighted by Gasteiger charge is 2.12. The predicted molar refractivity (Wildman–Crippen MR) is 97.1 cm³/mol. The molecule has 0 bridgehead atoms. The van der Waals surface area contributed by atoms with E-state index < -0.39 is 5.91 Å². The first kappa shape index (κ1) is 18.7. The van der Waals surface area contributed by atoms with Gasteiger partial charge >= 0.3 is 0 Å². The summed E-state index contributed by atoms with van der Waals surface area (Å²) in [6.07, 6.45) is 5.55. The molecule has 0 heterocycles. The standard InChI is InChI=1S/C16H16Cl2N4O/c1-2-14(13(18)9-6-10-17)20-16(23)15(11-19)22-21-12-7-4-3-5-8-12/h2-11,19,21H,1H3,(H,20,23)/b10-6+,13-9+,14-2+,19-11?,22-15?. The van der Waals surface area contributed by atoms with Gasteiger partial charge in [-0.25, -0.2) is 0 Å². The number of nitrogens with zero attached hydrogens (tertiary/aromatic N) is 1. The monoisotopic (exact) mass is 350 g/mol. The lowest BCUT2D eigenvalue weighted by atomic mass is 10.3. The Morgan fingerprint density at radius 2 is 2.00 bits per heavy atom. The molecule has 23 heavy (non-hydrogen) atoms. The number of allylic oxidation sites excluding steroid dienone is 4. The van der Waals surface area contributed by atoms with Gasteiger partial charge in [0.15, 0.2) is 5.71 Å². The number of hydrazone groups is 1. The van der Waals surface area contributed by atoms with Gasteiger partial charge in [0.05, 0.1) is 22.6 Å². The third kappa shape index (κ3) is 6.50. The van der Waals surface area contributed by atoms with E-state index in [0.717, 1.165) is 6.21 Å². The quantitative estimate of drug-likeness (QED) is 0.394. The molecular weight excluding hydrogens is 335 g/mol. The summed E-state index contributed by atoms with van der Waals surface area (Å²) in [5.41, 5.74) is 5.01. The van der Waals surface area contributed by atoms with Gasteiger partial charge in [-0.2, -0.15) is 5.10 Å². The fourth-order valence-corrected chi connectivity index (χ4v) is 1.75. The van der Waals surface area contributed by atoms with Crippen LogP contribution in [0.15, 0.2) is 69.9 Å². The molecule has 0 fully saturated rings. The molecule has 1 aromatic carbocycles. The smallest absolute Gasteiger partial charge is 0.277 e. The maximum atomic E-state index is 12.1. The number of anilines is 1. The second-order valence-corrected chi connectivity index (χ2v) is 4.77. The molecule has 120 valence electrons. The Balaban J connectivity index is 2.82. The van der Waals surface area contributed by atoms with Crippen molar-refractivity contribution in [3.8, 4) is 0 Å². The first-order valence-corrected chi connectivity index (χ1v) is 7.43. The summed E-state index contributed by atoms with van der Waals surface area (Å²) in [5, 5.41) is 14.1. The predicted octanol–water partition coefficient (Wildman–Crippen LogP) is 4.00. The number of halogens is 2. The van der Waals surface area contributed by atoms with E-state index in [1.165, 1.54) is 17.7 Å². The van der Waals surface area contributed by atoms with Crippen molar-refractivity contribution in [2.45, 2.75) is 6.92 Å². The zero-order valence-corrected chi connectivity index (χ0v) is 13.9. The molecule has 0 aliphatic heterocycles. The van der Waals surface area contributed by atoms with Crippen LogP contribution < -0.4 is 10.7 Å². The van der Waals surface area contributed by atoms with Crippen LogP contribution in [0.3, 0.4) is 0 Å². The highest BCUT2D eigenvalue weighted by Crippen LogP contribution is 2.12. The molecule has 0 aliphatic carbocycles. The van der Waals surface area contributed by atoms with E-state index in [1.807, 2.05) is 18.2 Å². The van der Waals surface area contributed by atoms with Crippen LogP contribution in [-0.2, 0) is 4.79 Å². The zero-order valence-electron chi connectivity index (χ0n) is 12.4. The first-order valence-electron chi connectivity index (χ1n) is 6.62. The average Bonchev–Trinajstić information content (AvgIpc) is 2.58. The van der Waals surface area contributed by atoms with Crippen LogP contribution in [0.2, 0.25) is 0 Å². The Kier molecular flexibility index (Phi) is 8.42. The van der Waals surface area contributed by atoms with Crippen molar-refractivity contribution in [3.63, 3.8) is 0 Å². The summed E-state index contributed by atoms with van der Waals surface area (Å²) in [7, 11) is 0. The summed E-state index contributed by atoms with van der Waals surface area (Å²) < 4.78 is 0. The third-order valence-corrected chi connectivity index (χ3v) is 3.03. The zero-order chi connectivity index (χ0) is 17.1. The van der Waals surface area contributed by atoms with Crippen LogP contribution in [0.1, 0.15) is 6.92 Å². The number of benzene rings is 1. The van der Waals surface area contributed by atoms with Crippen LogP contribution in [0.5, 0.6) is 0 Å². The van der Waals surface area contributed by atoms with Crippen molar-refractivity contribution in [2.24, 2.45) is 5.10 Å². The fraction of sp³-hybridized carbons (Fsp3) is 0.0625. The van der Waals surface area contributed by atoms with Gasteiger partial charge in [0.25, 0.3) is 5.91 Å². The fourth-order valence-electron chi connectivity index (χ4n) is 1.45. The van der Waals surface area contributed by atoms with Crippen molar-refractivity contribution in [2.75, 3.05) is 5.43 Å². The maximum absolute atomic E-state index is 12.1. The van der Waals surface area contributed by atoms with Gasteiger partial charge in [-0.3, -0.25) is 10.2 Å². The molecule has 0 radical (unpaired) electrons. The number of hydrogen-bond acceptors (Lipinski definition) is 4. The van der Waals surface area contributed by atoms with Gasteiger partial charge in [-0.1, -0.05) is 47.5 Å². The molecule has 5 nitrogen and oxygen atoms in total. The number of carbonyl (C=O) groups excluding carboxylic acids is 1. The number of nitrogens with one attached hydrogen (secondary N) is 3. The van der Waals surface area contributed by atoms with Gasteiger partial charge in [0.1, 0.15) is 0 Å². The van der Waals surface area contributed by atoms with Crippen LogP contribution in [0.4, 0.5) is 5.69 Å². The van der Waals surface area contributed by atoms with Crippen LogP contribution >= 0.6 is 23.2 Å². The highest BCUT2D eigenvalue weighted by molar-refractivity contribution is 6.60. The summed E-state index contributed by atoms with van der Waals surface area (Å²) in [4.78, 5) is 12.1. The molecule has 1 amide bonds. The number of hydrogen-bond donors (Lipinski definition) is 3. The summed E-state index contributed by atoms with van der Waals surface area (Å²) in [5.74, 6) is -0.557. The minimum atomic E-state index is -0.557. The molecule has 7 heteroatoms. The molecule has 3 N–H and O–H groups in total. The van der Waals surface area contributed by atoms with Crippen LogP contribution in [-0.4, -0.2) is 17.8 Å². The second-order valence-electron chi connectivity index (χ2n) is 4.11. The average molecular weight is 351 g/mol. The van der Waals surface area contributed by atoms with E-state index in [-0.39, 0.29) is 5.71 Å². The minimum absolute atomic E-state index is 0.0921. The van der Waals surface area contributed by atoms with Crippen molar-refractivity contribution in [1.29, 1.82) is 5.41 Å². The van der Waals surface area contributed by atoms with Gasteiger partial charge in [0.2, 0.25) is 0 Å². The molecular formula is C16H16Cl2N4O. The second kappa shape index (κ2) is 10.4. The lowest BCUT2D eigenvalue weighted by Crippen LogP contribution is -2.32. The Bertz CT molecular complexity index is 664. The summed E-state index contributed by atoms with van der Waals surface area (Å²) >= 11 is 11.5. The Morgan fingerprint density at radius 3 is 2.57 bits per heavy atom. The lowest BCUT2D eigenvalue weighted by molar-refractivity contribution is -0.113. The van der Waals surface area contributed by atoms with Gasteiger partial charge in [-0.15, -0.1) is 0 Å². The van der Waals surface area contributed by atoms with Gasteiger partial charge in [0, 0.05) is 5.54 Å². The molecule has 0 spiro atoms. The minimum Gasteiger partial charge on any atom is -0.319 e. The molecule has 0 unspecified atom stereocenters. The Morgan fingerprint density at radius 1 is 1.30 bits per heavy atom. The van der Waals surface area contributed by atoms with Crippen molar-refractivity contribution in [3.05, 3.63) is 64.8 Å². The molecule has 0 atom stereocenters. The third-order valence-electron chi connectivity index (χ3n) is 2.56. The Hall–Kier alpha value is -2.37. The summed E-state index contributed by atoms with van der Waals surface area (Å²) in [6.45, 7) is 1.72. The van der Waals surface area contributed by atoms with E-state index in [2.05, 4.69) is 15.8 Å². The molecule has 1 rings (SSSR count). The summed E-state index contributed by atoms with van der Waals surface area (Å²) in [6, 6.07) is 9.10. The lowest BCUT2D eigenvalue weighted by Gasteiger charge is -2.08. The van der Waals surface area contributed by atoms with Gasteiger partial charge in [-0.05, 0) is 31.2 Å². The molecule has 1 aromatic rings. The van der Waals surface area contributed by atoms with Crippen molar-refractivity contribution in [1.82, 2.24) is 5.32 Å². The largest absolute Gasteiger partial charge is 0.319 e. The number of rotatable bonds is 7. The topological polar surface area (TPSA) is 77.3 Å². The van der Waals surface area contributed by atoms with E-state index in [0.29, 0.717) is 16.4 Å². The molecule has 0 aromatic heterocycles. The normalized spacial score (nSPS) is 13.1. The van der Waals surface area contributed by atoms with E-state index in [4.69, 9.17) is 28.6 Å². The van der Waals surface area contributed by atoms with Crippen molar-refractivity contribution < 1.29 is 4.79 Å². The molecule has 0 aliphatic rings. The highest BCUT2D eigenvalue weighted by atomic mass is 35.5. The van der Waals surface area contributed by atoms with Crippen LogP contribution in [0, 0.1) is 5.41 Å². The first-order chi connectivity index (χ1) is 11.1. The van der Waals surface area contributed by atoms with E-state index >= 15 is 0 Å². The number of amides is 1.